The summed E-state index contributed by atoms with van der Waals surface area (Å²) in [6.45, 7) is 0.361. The summed E-state index contributed by atoms with van der Waals surface area (Å²) < 4.78 is 1.88. The fourth-order valence-electron chi connectivity index (χ4n) is 1.65. The summed E-state index contributed by atoms with van der Waals surface area (Å²) in [7, 11) is 1.86. The number of pyridine rings is 1. The minimum Gasteiger partial charge on any atom is -0.383 e. The van der Waals surface area contributed by atoms with Gasteiger partial charge in [-0.3, -0.25) is 4.79 Å². The molecule has 2 aromatic rings. The minimum atomic E-state index is 0.115. The molecule has 0 amide bonds. The van der Waals surface area contributed by atoms with E-state index in [1.165, 1.54) is 0 Å². The van der Waals surface area contributed by atoms with Crippen LogP contribution in [0.4, 0.5) is 5.69 Å². The lowest BCUT2D eigenvalue weighted by atomic mass is 10.1. The molecule has 2 rings (SSSR count). The lowest BCUT2D eigenvalue weighted by Crippen LogP contribution is -2.37. The third-order valence-corrected chi connectivity index (χ3v) is 2.57. The third kappa shape index (κ3) is 2.91. The van der Waals surface area contributed by atoms with Crippen molar-refractivity contribution in [2.45, 2.75) is 6.54 Å². The van der Waals surface area contributed by atoms with Gasteiger partial charge >= 0.3 is 0 Å². The molecule has 1 aromatic heterocycles. The molecule has 0 atom stereocenters. The zero-order chi connectivity index (χ0) is 12.1. The molecule has 1 heterocycles. The maximum atomic E-state index is 12.0. The molecule has 1 N–H and O–H groups in total. The second-order valence-corrected chi connectivity index (χ2v) is 3.80. The van der Waals surface area contributed by atoms with Gasteiger partial charge in [0.25, 0.3) is 0 Å². The Morgan fingerprint density at radius 1 is 1.18 bits per heavy atom. The van der Waals surface area contributed by atoms with Gasteiger partial charge in [-0.1, -0.05) is 30.3 Å². The van der Waals surface area contributed by atoms with Crippen LogP contribution in [0.1, 0.15) is 10.4 Å². The summed E-state index contributed by atoms with van der Waals surface area (Å²) in [6, 6.07) is 13.2. The van der Waals surface area contributed by atoms with Crippen LogP contribution in [0.25, 0.3) is 0 Å². The van der Waals surface area contributed by atoms with Crippen molar-refractivity contribution in [3.05, 3.63) is 60.4 Å². The molecule has 1 aromatic carbocycles. The van der Waals surface area contributed by atoms with Gasteiger partial charge in [0.1, 0.15) is 0 Å². The van der Waals surface area contributed by atoms with Crippen molar-refractivity contribution < 1.29 is 9.36 Å². The van der Waals surface area contributed by atoms with Gasteiger partial charge in [0.2, 0.25) is 12.3 Å². The molecule has 3 nitrogen and oxygen atoms in total. The molecule has 0 saturated heterocycles. The molecule has 0 saturated carbocycles. The molecule has 0 aliphatic heterocycles. The van der Waals surface area contributed by atoms with Gasteiger partial charge in [0, 0.05) is 18.7 Å². The van der Waals surface area contributed by atoms with E-state index in [1.807, 2.05) is 66.5 Å². The first-order valence-electron chi connectivity index (χ1n) is 5.55. The van der Waals surface area contributed by atoms with E-state index in [1.54, 1.807) is 0 Å². The van der Waals surface area contributed by atoms with Crippen molar-refractivity contribution >= 4 is 11.5 Å². The van der Waals surface area contributed by atoms with Gasteiger partial charge in [0.05, 0.1) is 5.69 Å². The summed E-state index contributed by atoms with van der Waals surface area (Å²) in [5.41, 5.74) is 1.74. The Balaban J connectivity index is 2.13. The fraction of sp³-hybridized carbons (Fsp3) is 0.143. The summed E-state index contributed by atoms with van der Waals surface area (Å²) in [4.78, 5) is 12.0. The van der Waals surface area contributed by atoms with E-state index in [0.29, 0.717) is 6.54 Å². The molecule has 17 heavy (non-hydrogen) atoms. The highest BCUT2D eigenvalue weighted by molar-refractivity contribution is 5.94. The van der Waals surface area contributed by atoms with Gasteiger partial charge in [-0.05, 0) is 6.07 Å². The average Bonchev–Trinajstić information content (AvgIpc) is 2.40. The number of nitrogens with one attached hydrogen (secondary N) is 1. The van der Waals surface area contributed by atoms with Crippen molar-refractivity contribution in [2.75, 3.05) is 12.4 Å². The van der Waals surface area contributed by atoms with E-state index in [4.69, 9.17) is 0 Å². The normalized spacial score (nSPS) is 9.94. The number of ketones is 1. The Kier molecular flexibility index (Phi) is 3.50. The topological polar surface area (TPSA) is 33.0 Å². The zero-order valence-electron chi connectivity index (χ0n) is 9.76. The fourth-order valence-corrected chi connectivity index (χ4v) is 1.65. The van der Waals surface area contributed by atoms with Crippen LogP contribution in [0.15, 0.2) is 54.9 Å². The van der Waals surface area contributed by atoms with Crippen molar-refractivity contribution in [3.8, 4) is 0 Å². The number of anilines is 1. The monoisotopic (exact) mass is 227 g/mol. The van der Waals surface area contributed by atoms with E-state index in [2.05, 4.69) is 5.32 Å². The first kappa shape index (κ1) is 11.3. The highest BCUT2D eigenvalue weighted by Crippen LogP contribution is 2.02. The van der Waals surface area contributed by atoms with Crippen molar-refractivity contribution in [1.29, 1.82) is 0 Å². The zero-order valence-corrected chi connectivity index (χ0v) is 9.76. The summed E-state index contributed by atoms with van der Waals surface area (Å²) in [5, 5.41) is 3.05. The van der Waals surface area contributed by atoms with E-state index in [9.17, 15) is 4.79 Å². The maximum Gasteiger partial charge on any atom is 0.227 e. The van der Waals surface area contributed by atoms with E-state index in [-0.39, 0.29) is 5.78 Å². The molecular formula is C14H15N2O+. The number of Topliss-reactive ketones (excluding diaryl/α,β-unsaturated/α-hetero) is 1. The smallest absolute Gasteiger partial charge is 0.227 e. The molecule has 0 fully saturated rings. The second-order valence-electron chi connectivity index (χ2n) is 3.80. The number of carbonyl (C=O) groups is 1. The first-order chi connectivity index (χ1) is 8.29. The molecule has 0 bridgehead atoms. The van der Waals surface area contributed by atoms with Crippen LogP contribution in [-0.2, 0) is 6.54 Å². The number of hydrogen-bond donors (Lipinski definition) is 1. The van der Waals surface area contributed by atoms with Crippen LogP contribution in [0.3, 0.4) is 0 Å². The number of benzene rings is 1. The predicted octanol–water partition coefficient (Wildman–Crippen LogP) is 1.90. The van der Waals surface area contributed by atoms with Crippen LogP contribution in [0.5, 0.6) is 0 Å². The lowest BCUT2D eigenvalue weighted by Gasteiger charge is -2.00. The van der Waals surface area contributed by atoms with Gasteiger partial charge in [-0.15, -0.1) is 0 Å². The van der Waals surface area contributed by atoms with Crippen LogP contribution < -0.4 is 9.88 Å². The van der Waals surface area contributed by atoms with E-state index >= 15 is 0 Å². The molecule has 0 aliphatic carbocycles. The Morgan fingerprint density at radius 2 is 1.94 bits per heavy atom. The quantitative estimate of drug-likeness (QED) is 0.639. The Labute approximate surface area is 101 Å². The standard InChI is InChI=1S/C14H15N2O/c1-15-13-8-5-9-16(10-13)11-14(17)12-6-3-2-4-7-12/h2-10,15H,11H2,1H3/q+1. The molecular weight excluding hydrogens is 212 g/mol. The Morgan fingerprint density at radius 3 is 2.65 bits per heavy atom. The Hall–Kier alpha value is -2.16. The van der Waals surface area contributed by atoms with E-state index < -0.39 is 0 Å². The molecule has 3 heteroatoms. The first-order valence-corrected chi connectivity index (χ1v) is 5.55. The summed E-state index contributed by atoms with van der Waals surface area (Å²) >= 11 is 0. The van der Waals surface area contributed by atoms with Crippen molar-refractivity contribution in [1.82, 2.24) is 0 Å². The third-order valence-electron chi connectivity index (χ3n) is 2.57. The van der Waals surface area contributed by atoms with Gasteiger partial charge < -0.3 is 5.32 Å². The van der Waals surface area contributed by atoms with Crippen LogP contribution in [0.2, 0.25) is 0 Å². The predicted molar refractivity (Wildman–Crippen MR) is 67.0 cm³/mol. The van der Waals surface area contributed by atoms with Crippen molar-refractivity contribution in [2.24, 2.45) is 0 Å². The molecule has 0 unspecified atom stereocenters. The Bertz CT molecular complexity index is 509. The molecule has 86 valence electrons. The van der Waals surface area contributed by atoms with Gasteiger partial charge in [0.15, 0.2) is 12.4 Å². The largest absolute Gasteiger partial charge is 0.383 e. The number of nitrogens with zero attached hydrogens (tertiary/aromatic N) is 1. The summed E-state index contributed by atoms with van der Waals surface area (Å²) in [5.74, 6) is 0.115. The average molecular weight is 227 g/mol. The van der Waals surface area contributed by atoms with Crippen LogP contribution >= 0.6 is 0 Å². The number of rotatable bonds is 4. The second kappa shape index (κ2) is 5.25. The highest BCUT2D eigenvalue weighted by Gasteiger charge is 2.11. The molecule has 0 aliphatic rings. The molecule has 0 spiro atoms. The van der Waals surface area contributed by atoms with Crippen molar-refractivity contribution in [3.63, 3.8) is 0 Å². The SMILES string of the molecule is CNc1ccc[n+](CC(=O)c2ccccc2)c1. The number of hydrogen-bond acceptors (Lipinski definition) is 2. The lowest BCUT2D eigenvalue weighted by molar-refractivity contribution is -0.682. The van der Waals surface area contributed by atoms with E-state index in [0.717, 1.165) is 11.3 Å². The minimum absolute atomic E-state index is 0.115. The molecule has 0 radical (unpaired) electrons. The van der Waals surface area contributed by atoms with Crippen LogP contribution in [-0.4, -0.2) is 12.8 Å². The maximum absolute atomic E-state index is 12.0. The van der Waals surface area contributed by atoms with Gasteiger partial charge in [-0.2, -0.15) is 4.57 Å². The van der Waals surface area contributed by atoms with Gasteiger partial charge in [-0.25, -0.2) is 0 Å². The summed E-state index contributed by atoms with van der Waals surface area (Å²) in [6.07, 6.45) is 3.81. The van der Waals surface area contributed by atoms with Crippen LogP contribution in [0, 0.1) is 0 Å². The number of carbonyl (C=O) groups excluding carboxylic acids is 1. The highest BCUT2D eigenvalue weighted by atomic mass is 16.1. The number of aromatic nitrogens is 1.